The molecule has 0 spiro atoms. The fourth-order valence-electron chi connectivity index (χ4n) is 4.10. The molecule has 0 unspecified atom stereocenters. The van der Waals surface area contributed by atoms with Crippen LogP contribution >= 0.6 is 0 Å². The standard InChI is InChI=1S/C26H24N6O3/c1-16-22(25(33)29-20-6-4-5-7-21(20)35-3)23(17-8-10-19(34-2)11-9-17)32-26(28-16)30-24(31-32)18-12-14-27-15-13-18/h4-15,23H,1-3H3,(H,29,33)(H,28,30,31)/t23-/m1/s1. The number of pyridine rings is 1. The second-order valence-electron chi connectivity index (χ2n) is 7.93. The van der Waals surface area contributed by atoms with Gasteiger partial charge in [0.2, 0.25) is 5.95 Å². The third kappa shape index (κ3) is 4.19. The van der Waals surface area contributed by atoms with Crippen molar-refractivity contribution < 1.29 is 14.3 Å². The van der Waals surface area contributed by atoms with E-state index in [1.165, 1.54) is 0 Å². The number of ether oxygens (including phenoxy) is 2. The molecule has 0 saturated carbocycles. The van der Waals surface area contributed by atoms with E-state index in [9.17, 15) is 4.79 Å². The summed E-state index contributed by atoms with van der Waals surface area (Å²) in [7, 11) is 3.19. The molecule has 0 saturated heterocycles. The van der Waals surface area contributed by atoms with Crippen molar-refractivity contribution in [3.63, 3.8) is 0 Å². The number of rotatable bonds is 6. The molecule has 1 aliphatic heterocycles. The van der Waals surface area contributed by atoms with Gasteiger partial charge in [-0.3, -0.25) is 9.78 Å². The van der Waals surface area contributed by atoms with Gasteiger partial charge >= 0.3 is 0 Å². The van der Waals surface area contributed by atoms with Crippen LogP contribution in [0.2, 0.25) is 0 Å². The summed E-state index contributed by atoms with van der Waals surface area (Å²) in [6.45, 7) is 1.86. The second kappa shape index (κ2) is 9.30. The molecular formula is C26H24N6O3. The topological polar surface area (TPSA) is 103 Å². The van der Waals surface area contributed by atoms with Crippen LogP contribution in [0.1, 0.15) is 18.5 Å². The van der Waals surface area contributed by atoms with E-state index in [-0.39, 0.29) is 5.91 Å². The molecule has 3 heterocycles. The van der Waals surface area contributed by atoms with Crippen molar-refractivity contribution in [3.8, 4) is 22.9 Å². The highest BCUT2D eigenvalue weighted by molar-refractivity contribution is 6.06. The van der Waals surface area contributed by atoms with Crippen molar-refractivity contribution in [2.45, 2.75) is 13.0 Å². The third-order valence-corrected chi connectivity index (χ3v) is 5.82. The molecule has 0 fully saturated rings. The van der Waals surface area contributed by atoms with Gasteiger partial charge in [-0.1, -0.05) is 24.3 Å². The van der Waals surface area contributed by atoms with Crippen molar-refractivity contribution in [1.82, 2.24) is 19.7 Å². The maximum Gasteiger partial charge on any atom is 0.255 e. The zero-order chi connectivity index (χ0) is 24.4. The van der Waals surface area contributed by atoms with Gasteiger partial charge in [0.15, 0.2) is 5.82 Å². The number of carbonyl (C=O) groups excluding carboxylic acids is 1. The van der Waals surface area contributed by atoms with E-state index in [1.807, 2.05) is 55.5 Å². The highest BCUT2D eigenvalue weighted by atomic mass is 16.5. The largest absolute Gasteiger partial charge is 0.497 e. The summed E-state index contributed by atoms with van der Waals surface area (Å²) in [5.74, 6) is 2.11. The lowest BCUT2D eigenvalue weighted by molar-refractivity contribution is -0.113. The van der Waals surface area contributed by atoms with Crippen molar-refractivity contribution in [2.24, 2.45) is 0 Å². The molecule has 1 amide bonds. The summed E-state index contributed by atoms with van der Waals surface area (Å²) >= 11 is 0. The van der Waals surface area contributed by atoms with Crippen LogP contribution in [0.25, 0.3) is 11.4 Å². The number of nitrogens with one attached hydrogen (secondary N) is 2. The van der Waals surface area contributed by atoms with E-state index in [1.54, 1.807) is 43.4 Å². The summed E-state index contributed by atoms with van der Waals surface area (Å²) in [6, 6.07) is 18.0. The Hall–Kier alpha value is -4.66. The van der Waals surface area contributed by atoms with Crippen molar-refractivity contribution >= 4 is 17.5 Å². The minimum Gasteiger partial charge on any atom is -0.497 e. The first-order valence-electron chi connectivity index (χ1n) is 11.0. The van der Waals surface area contributed by atoms with Gasteiger partial charge in [-0.2, -0.15) is 4.98 Å². The first-order chi connectivity index (χ1) is 17.1. The highest BCUT2D eigenvalue weighted by Crippen LogP contribution is 2.37. The van der Waals surface area contributed by atoms with Gasteiger partial charge in [0.1, 0.15) is 17.5 Å². The van der Waals surface area contributed by atoms with Gasteiger partial charge in [-0.15, -0.1) is 5.10 Å². The summed E-state index contributed by atoms with van der Waals surface area (Å²) < 4.78 is 12.5. The minimum absolute atomic E-state index is 0.271. The molecule has 2 aromatic carbocycles. The number of fused-ring (bicyclic) bond motifs is 1. The number of allylic oxidation sites excluding steroid dienone is 1. The molecule has 0 radical (unpaired) electrons. The van der Waals surface area contributed by atoms with Gasteiger partial charge in [0, 0.05) is 23.7 Å². The Morgan fingerprint density at radius 3 is 2.46 bits per heavy atom. The maximum absolute atomic E-state index is 13.7. The van der Waals surface area contributed by atoms with E-state index in [4.69, 9.17) is 14.6 Å². The third-order valence-electron chi connectivity index (χ3n) is 5.82. The Morgan fingerprint density at radius 1 is 1.00 bits per heavy atom. The molecule has 4 aromatic rings. The monoisotopic (exact) mass is 468 g/mol. The Kier molecular flexibility index (Phi) is 5.88. The minimum atomic E-state index is -0.519. The number of aromatic nitrogens is 4. The second-order valence-corrected chi connectivity index (χ2v) is 7.93. The number of para-hydroxylation sites is 2. The Labute approximate surface area is 202 Å². The predicted octanol–water partition coefficient (Wildman–Crippen LogP) is 4.28. The van der Waals surface area contributed by atoms with Crippen LogP contribution in [0.3, 0.4) is 0 Å². The summed E-state index contributed by atoms with van der Waals surface area (Å²) in [5.41, 5.74) is 3.47. The molecule has 1 atom stereocenters. The van der Waals surface area contributed by atoms with Crippen LogP contribution in [0.4, 0.5) is 11.6 Å². The van der Waals surface area contributed by atoms with Crippen molar-refractivity contribution in [1.29, 1.82) is 0 Å². The number of amides is 1. The zero-order valence-electron chi connectivity index (χ0n) is 19.5. The normalized spacial score (nSPS) is 14.7. The molecule has 5 rings (SSSR count). The van der Waals surface area contributed by atoms with Crippen LogP contribution in [0.15, 0.2) is 84.3 Å². The van der Waals surface area contributed by atoms with Crippen LogP contribution in [-0.4, -0.2) is 39.9 Å². The molecule has 35 heavy (non-hydrogen) atoms. The quantitative estimate of drug-likeness (QED) is 0.435. The summed E-state index contributed by atoms with van der Waals surface area (Å²) in [4.78, 5) is 22.4. The molecule has 0 bridgehead atoms. The van der Waals surface area contributed by atoms with Crippen LogP contribution in [-0.2, 0) is 4.79 Å². The van der Waals surface area contributed by atoms with Crippen LogP contribution in [0.5, 0.6) is 11.5 Å². The number of nitrogens with zero attached hydrogens (tertiary/aromatic N) is 4. The lowest BCUT2D eigenvalue weighted by Crippen LogP contribution is -2.31. The molecular weight excluding hydrogens is 444 g/mol. The zero-order valence-corrected chi connectivity index (χ0v) is 19.5. The van der Waals surface area contributed by atoms with Crippen LogP contribution in [0, 0.1) is 0 Å². The highest BCUT2D eigenvalue weighted by Gasteiger charge is 2.34. The molecule has 9 nitrogen and oxygen atoms in total. The predicted molar refractivity (Wildman–Crippen MR) is 132 cm³/mol. The van der Waals surface area contributed by atoms with E-state index >= 15 is 0 Å². The number of benzene rings is 2. The van der Waals surface area contributed by atoms with Gasteiger partial charge in [0.05, 0.1) is 25.5 Å². The number of hydrogen-bond donors (Lipinski definition) is 2. The Morgan fingerprint density at radius 2 is 1.74 bits per heavy atom. The van der Waals surface area contributed by atoms with E-state index in [0.717, 1.165) is 16.9 Å². The fourth-order valence-corrected chi connectivity index (χ4v) is 4.10. The number of anilines is 2. The van der Waals surface area contributed by atoms with Crippen LogP contribution < -0.4 is 20.1 Å². The number of hydrogen-bond acceptors (Lipinski definition) is 7. The Bertz CT molecular complexity index is 1400. The van der Waals surface area contributed by atoms with Gasteiger partial charge < -0.3 is 20.1 Å². The molecule has 0 aliphatic carbocycles. The van der Waals surface area contributed by atoms with E-state index in [0.29, 0.717) is 34.5 Å². The van der Waals surface area contributed by atoms with Gasteiger partial charge in [-0.25, -0.2) is 4.68 Å². The van der Waals surface area contributed by atoms with E-state index < -0.39 is 6.04 Å². The fraction of sp³-hybridized carbons (Fsp3) is 0.154. The Balaban J connectivity index is 1.60. The van der Waals surface area contributed by atoms with Crippen molar-refractivity contribution in [3.05, 3.63) is 89.9 Å². The average Bonchev–Trinajstić information content (AvgIpc) is 3.32. The van der Waals surface area contributed by atoms with Gasteiger partial charge in [0.25, 0.3) is 5.91 Å². The molecule has 2 N–H and O–H groups in total. The first-order valence-corrected chi connectivity index (χ1v) is 11.0. The van der Waals surface area contributed by atoms with Crippen molar-refractivity contribution in [2.75, 3.05) is 24.9 Å². The summed E-state index contributed by atoms with van der Waals surface area (Å²) in [6.07, 6.45) is 3.39. The molecule has 1 aliphatic rings. The van der Waals surface area contributed by atoms with E-state index in [2.05, 4.69) is 20.6 Å². The van der Waals surface area contributed by atoms with Gasteiger partial charge in [-0.05, 0) is 48.9 Å². The smallest absolute Gasteiger partial charge is 0.255 e. The number of carbonyl (C=O) groups is 1. The lowest BCUT2D eigenvalue weighted by atomic mass is 9.95. The first kappa shape index (κ1) is 22.1. The average molecular weight is 469 g/mol. The maximum atomic E-state index is 13.7. The lowest BCUT2D eigenvalue weighted by Gasteiger charge is -2.29. The SMILES string of the molecule is COc1ccc([C@@H]2C(C(=O)Nc3ccccc3OC)=C(C)Nc3nc(-c4ccncc4)nn32)cc1. The summed E-state index contributed by atoms with van der Waals surface area (Å²) in [5, 5.41) is 11.0. The number of methoxy groups -OCH3 is 2. The molecule has 9 heteroatoms. The molecule has 2 aromatic heterocycles. The molecule has 176 valence electrons.